The summed E-state index contributed by atoms with van der Waals surface area (Å²) in [7, 11) is 0. The van der Waals surface area contributed by atoms with Crippen molar-refractivity contribution in [3.8, 4) is 5.06 Å². The number of benzene rings is 2. The Kier molecular flexibility index (Phi) is 9.97. The number of hydrogen-bond donors (Lipinski definition) is 0. The van der Waals surface area contributed by atoms with E-state index in [1.165, 1.54) is 47.0 Å². The van der Waals surface area contributed by atoms with Crippen LogP contribution in [0.5, 0.6) is 5.06 Å². The molecule has 2 saturated carbocycles. The van der Waals surface area contributed by atoms with Gasteiger partial charge < -0.3 is 4.74 Å². The second kappa shape index (κ2) is 14.4. The van der Waals surface area contributed by atoms with Crippen molar-refractivity contribution in [3.63, 3.8) is 0 Å². The summed E-state index contributed by atoms with van der Waals surface area (Å²) in [6.07, 6.45) is 6.93. The van der Waals surface area contributed by atoms with Crippen LogP contribution in [0.2, 0.25) is 0 Å². The van der Waals surface area contributed by atoms with Crippen LogP contribution in [0.25, 0.3) is 0 Å². The molecule has 3 aromatic rings. The summed E-state index contributed by atoms with van der Waals surface area (Å²) >= 11 is 2.85. The largest absolute Gasteiger partial charge is 0.416 e. The number of hydrogen-bond acceptors (Lipinski definition) is 9. The first-order valence-corrected chi connectivity index (χ1v) is 18.6. The molecule has 1 aromatic heterocycles. The number of fused-ring (bicyclic) bond motifs is 2. The number of nitrogens with zero attached hydrogens (tertiary/aromatic N) is 2. The third kappa shape index (κ3) is 7.65. The third-order valence-corrected chi connectivity index (χ3v) is 12.1. The summed E-state index contributed by atoms with van der Waals surface area (Å²) in [4.78, 5) is 53.8. The van der Waals surface area contributed by atoms with Gasteiger partial charge in [0.2, 0.25) is 5.12 Å². The minimum atomic E-state index is -0.547. The number of carbonyl (C=O) groups excluding carboxylic acids is 4. The van der Waals surface area contributed by atoms with Crippen molar-refractivity contribution < 1.29 is 32.7 Å². The van der Waals surface area contributed by atoms with E-state index in [1.54, 1.807) is 42.5 Å². The van der Waals surface area contributed by atoms with Gasteiger partial charge in [-0.05, 0) is 73.9 Å². The lowest BCUT2D eigenvalue weighted by Gasteiger charge is -2.37. The highest BCUT2D eigenvalue weighted by Gasteiger charge is 2.43. The molecular formula is C38H38F2N2O5S2. The van der Waals surface area contributed by atoms with Gasteiger partial charge in [0.25, 0.3) is 0 Å². The molecular weight excluding hydrogens is 667 g/mol. The van der Waals surface area contributed by atoms with E-state index in [2.05, 4.69) is 9.80 Å². The predicted octanol–water partition coefficient (Wildman–Crippen LogP) is 7.01. The van der Waals surface area contributed by atoms with Gasteiger partial charge in [-0.3, -0.25) is 29.0 Å². The minimum absolute atomic E-state index is 0.0556. The fraction of sp³-hybridized carbons (Fsp3) is 0.421. The number of carbonyl (C=O) groups is 4. The van der Waals surface area contributed by atoms with Gasteiger partial charge in [0, 0.05) is 66.2 Å². The average molecular weight is 705 g/mol. The minimum Gasteiger partial charge on any atom is -0.416 e. The van der Waals surface area contributed by atoms with Crippen LogP contribution in [-0.2, 0) is 32.1 Å². The molecule has 0 N–H and O–H groups in total. The summed E-state index contributed by atoms with van der Waals surface area (Å²) < 4.78 is 34.0. The summed E-state index contributed by atoms with van der Waals surface area (Å²) in [6, 6.07) is 13.9. The van der Waals surface area contributed by atoms with Crippen molar-refractivity contribution in [2.45, 2.75) is 69.3 Å². The van der Waals surface area contributed by atoms with Crippen molar-refractivity contribution in [2.24, 2.45) is 11.8 Å². The molecule has 11 heteroatoms. The Labute approximate surface area is 292 Å². The van der Waals surface area contributed by atoms with Crippen LogP contribution in [0, 0.1) is 23.5 Å². The fourth-order valence-electron chi connectivity index (χ4n) is 7.08. The van der Waals surface area contributed by atoms with E-state index in [1.807, 2.05) is 6.07 Å². The molecule has 8 rings (SSSR count). The Morgan fingerprint density at radius 1 is 0.816 bits per heavy atom. The molecule has 1 saturated heterocycles. The SMILES string of the molecule is CC(=O)Oc1cc2c(s1)CCN(C(C(=O)C1CC1)c1ccccc1F)C2.O=C1C=C2CN(C(C(=O)C3CC3)c3ccccc3F)CCC2S1. The second-order valence-corrected chi connectivity index (χ2v) is 15.7. The van der Waals surface area contributed by atoms with E-state index in [-0.39, 0.29) is 51.4 Å². The first-order valence-electron chi connectivity index (χ1n) is 16.9. The number of halogens is 2. The van der Waals surface area contributed by atoms with Crippen LogP contribution >= 0.6 is 23.1 Å². The Bertz CT molecular complexity index is 1820. The summed E-state index contributed by atoms with van der Waals surface area (Å²) in [5.41, 5.74) is 3.07. The zero-order valence-corrected chi connectivity index (χ0v) is 28.9. The van der Waals surface area contributed by atoms with Gasteiger partial charge in [0.05, 0.1) is 12.1 Å². The number of Topliss-reactive ketones (excluding diaryl/α,β-unsaturated/α-hetero) is 2. The first kappa shape index (κ1) is 34.0. The van der Waals surface area contributed by atoms with Crippen LogP contribution in [0.15, 0.2) is 66.2 Å². The van der Waals surface area contributed by atoms with E-state index < -0.39 is 12.1 Å². The lowest BCUT2D eigenvalue weighted by Crippen LogP contribution is -2.42. The normalized spacial score (nSPS) is 21.8. The molecule has 4 heterocycles. The summed E-state index contributed by atoms with van der Waals surface area (Å²) in [5, 5.41) is 0.930. The van der Waals surface area contributed by atoms with Crippen molar-refractivity contribution in [1.82, 2.24) is 9.80 Å². The van der Waals surface area contributed by atoms with E-state index in [0.29, 0.717) is 35.8 Å². The molecule has 7 nitrogen and oxygen atoms in total. The quantitative estimate of drug-likeness (QED) is 0.220. The monoisotopic (exact) mass is 704 g/mol. The van der Waals surface area contributed by atoms with Crippen molar-refractivity contribution >= 4 is 45.7 Å². The highest BCUT2D eigenvalue weighted by molar-refractivity contribution is 8.15. The lowest BCUT2D eigenvalue weighted by atomic mass is 9.94. The topological polar surface area (TPSA) is 84.0 Å². The van der Waals surface area contributed by atoms with Gasteiger partial charge in [0.15, 0.2) is 16.6 Å². The Balaban J connectivity index is 0.000000155. The van der Waals surface area contributed by atoms with Crippen molar-refractivity contribution in [3.05, 3.63) is 99.4 Å². The van der Waals surface area contributed by atoms with Gasteiger partial charge in [-0.1, -0.05) is 48.2 Å². The van der Waals surface area contributed by atoms with Gasteiger partial charge >= 0.3 is 5.97 Å². The van der Waals surface area contributed by atoms with Gasteiger partial charge in [-0.2, -0.15) is 0 Å². The number of esters is 1. The van der Waals surface area contributed by atoms with Crippen molar-refractivity contribution in [1.29, 1.82) is 0 Å². The number of ketones is 2. The smallest absolute Gasteiger partial charge is 0.308 e. The number of thioether (sulfide) groups is 1. The molecule has 3 aliphatic heterocycles. The van der Waals surface area contributed by atoms with Gasteiger partial charge in [0.1, 0.15) is 11.6 Å². The van der Waals surface area contributed by atoms with E-state index in [4.69, 9.17) is 4.74 Å². The number of likely N-dealkylation sites (tertiary alicyclic amines) is 1. The van der Waals surface area contributed by atoms with Gasteiger partial charge in [-0.25, -0.2) is 8.78 Å². The maximum absolute atomic E-state index is 14.4. The molecule has 0 bridgehead atoms. The van der Waals surface area contributed by atoms with E-state index in [0.717, 1.165) is 56.2 Å². The van der Waals surface area contributed by atoms with Gasteiger partial charge in [-0.15, -0.1) is 11.3 Å². The zero-order chi connectivity index (χ0) is 34.2. The molecule has 0 amide bonds. The summed E-state index contributed by atoms with van der Waals surface area (Å²) in [6.45, 7) is 3.93. The Morgan fingerprint density at radius 2 is 1.39 bits per heavy atom. The molecule has 3 fully saturated rings. The van der Waals surface area contributed by atoms with Crippen LogP contribution in [0.3, 0.4) is 0 Å². The number of ether oxygens (including phenoxy) is 1. The number of rotatable bonds is 9. The Hall–Kier alpha value is -3.51. The summed E-state index contributed by atoms with van der Waals surface area (Å²) in [5.74, 6) is -0.609. The number of piperidine rings is 1. The molecule has 2 aliphatic carbocycles. The molecule has 3 atom stereocenters. The molecule has 2 aromatic carbocycles. The van der Waals surface area contributed by atoms with Crippen LogP contribution in [0.4, 0.5) is 8.78 Å². The third-order valence-electron chi connectivity index (χ3n) is 9.79. The standard InChI is InChI=1S/C20H20FNO3S.C18H18FNO2S/c1-12(23)25-18-10-14-11-22(9-8-17(14)26-18)19(20(24)13-6-7-13)15-4-2-3-5-16(15)21;19-14-4-2-1-3-13(14)17(18(22)11-5-6-11)20-8-7-15-12(10-20)9-16(21)23-15/h2-5,10,13,19H,6-9,11H2,1H3;1-4,9,11,15,17H,5-8,10H2. The Morgan fingerprint density at radius 3 is 1.94 bits per heavy atom. The van der Waals surface area contributed by atoms with E-state index in [9.17, 15) is 28.0 Å². The first-order chi connectivity index (χ1) is 23.7. The fourth-order valence-corrected chi connectivity index (χ4v) is 9.15. The highest BCUT2D eigenvalue weighted by Crippen LogP contribution is 2.43. The van der Waals surface area contributed by atoms with Crippen molar-refractivity contribution in [2.75, 3.05) is 19.6 Å². The van der Waals surface area contributed by atoms with Crippen LogP contribution in [0.1, 0.15) is 72.7 Å². The molecule has 0 spiro atoms. The average Bonchev–Trinajstić information content (AvgIpc) is 4.01. The van der Waals surface area contributed by atoms with E-state index >= 15 is 0 Å². The number of thiophene rings is 1. The molecule has 5 aliphatic rings. The highest BCUT2D eigenvalue weighted by atomic mass is 32.2. The lowest BCUT2D eigenvalue weighted by molar-refractivity contribution is -0.131. The maximum atomic E-state index is 14.4. The second-order valence-electron chi connectivity index (χ2n) is 13.4. The molecule has 0 radical (unpaired) electrons. The predicted molar refractivity (Wildman–Crippen MR) is 184 cm³/mol. The van der Waals surface area contributed by atoms with Crippen LogP contribution in [-0.4, -0.2) is 57.3 Å². The molecule has 49 heavy (non-hydrogen) atoms. The zero-order valence-electron chi connectivity index (χ0n) is 27.2. The maximum Gasteiger partial charge on any atom is 0.308 e. The molecule has 256 valence electrons. The molecule has 3 unspecified atom stereocenters. The van der Waals surface area contributed by atoms with Crippen LogP contribution < -0.4 is 4.74 Å².